The minimum Gasteiger partial charge on any atom is -0.327 e. The summed E-state index contributed by atoms with van der Waals surface area (Å²) in [7, 11) is 0. The number of hydrogen-bond donors (Lipinski definition) is 1. The van der Waals surface area contributed by atoms with Gasteiger partial charge in [-0.05, 0) is 51.4 Å². The molecule has 1 nitrogen and oxygen atoms in total. The lowest BCUT2D eigenvalue weighted by Gasteiger charge is -2.17. The Labute approximate surface area is 101 Å². The van der Waals surface area contributed by atoms with E-state index >= 15 is 0 Å². The van der Waals surface area contributed by atoms with E-state index in [1.807, 2.05) is 6.08 Å². The van der Waals surface area contributed by atoms with Crippen molar-refractivity contribution < 1.29 is 0 Å². The molecule has 0 aromatic rings. The average Bonchev–Trinajstić information content (AvgIpc) is 2.30. The lowest BCUT2D eigenvalue weighted by molar-refractivity contribution is 0.534. The molecule has 1 rings (SSSR count). The van der Waals surface area contributed by atoms with E-state index in [9.17, 15) is 0 Å². The van der Waals surface area contributed by atoms with Gasteiger partial charge in [-0.1, -0.05) is 30.6 Å². The molecule has 1 aliphatic carbocycles. The van der Waals surface area contributed by atoms with Gasteiger partial charge >= 0.3 is 0 Å². The zero-order valence-electron chi connectivity index (χ0n) is 10.6. The van der Waals surface area contributed by atoms with Crippen molar-refractivity contribution in [2.24, 2.45) is 5.73 Å². The number of hydrogen-bond acceptors (Lipinski definition) is 1. The molecule has 1 heteroatoms. The molecule has 0 radical (unpaired) electrons. The van der Waals surface area contributed by atoms with Crippen LogP contribution in [-0.2, 0) is 0 Å². The van der Waals surface area contributed by atoms with Gasteiger partial charge in [-0.2, -0.15) is 0 Å². The molecule has 0 aromatic heterocycles. The summed E-state index contributed by atoms with van der Waals surface area (Å²) >= 11 is 0. The van der Waals surface area contributed by atoms with Crippen LogP contribution >= 0.6 is 0 Å². The third-order valence-corrected chi connectivity index (χ3v) is 3.39. The first-order chi connectivity index (χ1) is 7.83. The van der Waals surface area contributed by atoms with Crippen LogP contribution in [0.5, 0.6) is 0 Å². The molecule has 1 unspecified atom stereocenters. The van der Waals surface area contributed by atoms with Crippen LogP contribution in [0.1, 0.15) is 64.2 Å². The Morgan fingerprint density at radius 1 is 1.31 bits per heavy atom. The maximum atomic E-state index is 6.16. The predicted molar refractivity (Wildman–Crippen MR) is 72.4 cm³/mol. The van der Waals surface area contributed by atoms with E-state index in [-0.39, 0.29) is 0 Å². The summed E-state index contributed by atoms with van der Waals surface area (Å²) in [5.74, 6) is 0. The molecule has 0 saturated heterocycles. The van der Waals surface area contributed by atoms with E-state index in [2.05, 4.69) is 12.7 Å². The second-order valence-electron chi connectivity index (χ2n) is 5.00. The van der Waals surface area contributed by atoms with Crippen molar-refractivity contribution in [3.8, 4) is 0 Å². The van der Waals surface area contributed by atoms with Crippen LogP contribution in [0.4, 0.5) is 0 Å². The first-order valence-electron chi connectivity index (χ1n) is 6.87. The molecule has 0 heterocycles. The lowest BCUT2D eigenvalue weighted by atomic mass is 9.93. The fourth-order valence-corrected chi connectivity index (χ4v) is 2.40. The number of rotatable bonds is 8. The van der Waals surface area contributed by atoms with Crippen molar-refractivity contribution in [2.75, 3.05) is 0 Å². The summed E-state index contributed by atoms with van der Waals surface area (Å²) in [4.78, 5) is 0. The van der Waals surface area contributed by atoms with Gasteiger partial charge < -0.3 is 5.73 Å². The zero-order chi connectivity index (χ0) is 11.6. The van der Waals surface area contributed by atoms with Gasteiger partial charge in [-0.3, -0.25) is 0 Å². The molecule has 0 bridgehead atoms. The van der Waals surface area contributed by atoms with Gasteiger partial charge in [0.1, 0.15) is 0 Å². The van der Waals surface area contributed by atoms with Crippen LogP contribution in [0.25, 0.3) is 0 Å². The molecular formula is C15H27N. The second-order valence-corrected chi connectivity index (χ2v) is 5.00. The smallest absolute Gasteiger partial charge is 0.00760 e. The fourth-order valence-electron chi connectivity index (χ4n) is 2.40. The number of nitrogens with two attached hydrogens (primary N) is 1. The van der Waals surface area contributed by atoms with Gasteiger partial charge in [0.15, 0.2) is 0 Å². The Balaban J connectivity index is 2.03. The van der Waals surface area contributed by atoms with Crippen molar-refractivity contribution in [3.05, 3.63) is 24.3 Å². The highest BCUT2D eigenvalue weighted by Crippen LogP contribution is 2.22. The number of unbranched alkanes of at least 4 members (excludes halogenated alkanes) is 3. The van der Waals surface area contributed by atoms with Crippen LogP contribution in [0.2, 0.25) is 0 Å². The number of allylic oxidation sites excluding steroid dienone is 2. The van der Waals surface area contributed by atoms with Gasteiger partial charge in [-0.15, -0.1) is 6.58 Å². The third kappa shape index (κ3) is 6.12. The van der Waals surface area contributed by atoms with E-state index in [0.717, 1.165) is 12.8 Å². The van der Waals surface area contributed by atoms with Gasteiger partial charge in [0, 0.05) is 6.04 Å². The fraction of sp³-hybridized carbons (Fsp3) is 0.733. The molecular weight excluding hydrogens is 194 g/mol. The first kappa shape index (κ1) is 13.5. The Morgan fingerprint density at radius 2 is 2.19 bits per heavy atom. The quantitative estimate of drug-likeness (QED) is 0.479. The van der Waals surface area contributed by atoms with Crippen LogP contribution in [0.15, 0.2) is 24.3 Å². The van der Waals surface area contributed by atoms with E-state index in [1.165, 1.54) is 51.4 Å². The molecule has 0 spiro atoms. The molecule has 0 fully saturated rings. The lowest BCUT2D eigenvalue weighted by Crippen LogP contribution is -2.20. The van der Waals surface area contributed by atoms with Gasteiger partial charge in [0.05, 0.1) is 0 Å². The zero-order valence-corrected chi connectivity index (χ0v) is 10.6. The summed E-state index contributed by atoms with van der Waals surface area (Å²) in [6.07, 6.45) is 17.1. The first-order valence-corrected chi connectivity index (χ1v) is 6.87. The highest BCUT2D eigenvalue weighted by atomic mass is 14.6. The normalized spacial score (nSPS) is 17.9. The van der Waals surface area contributed by atoms with Gasteiger partial charge in [0.25, 0.3) is 0 Å². The Morgan fingerprint density at radius 3 is 2.88 bits per heavy atom. The molecule has 0 amide bonds. The summed E-state index contributed by atoms with van der Waals surface area (Å²) in [5.41, 5.74) is 7.77. The molecule has 0 aromatic carbocycles. The molecule has 0 saturated carbocycles. The minimum atomic E-state index is 0.396. The van der Waals surface area contributed by atoms with Crippen LogP contribution in [0.3, 0.4) is 0 Å². The predicted octanol–water partition coefficient (Wildman–Crippen LogP) is 4.34. The average molecular weight is 221 g/mol. The van der Waals surface area contributed by atoms with E-state index in [0.29, 0.717) is 6.04 Å². The summed E-state index contributed by atoms with van der Waals surface area (Å²) in [6.45, 7) is 3.74. The monoisotopic (exact) mass is 221 g/mol. The maximum absolute atomic E-state index is 6.16. The molecule has 1 aliphatic rings. The van der Waals surface area contributed by atoms with Crippen molar-refractivity contribution in [3.63, 3.8) is 0 Å². The highest BCUT2D eigenvalue weighted by Gasteiger charge is 2.08. The van der Waals surface area contributed by atoms with Gasteiger partial charge in [0.2, 0.25) is 0 Å². The van der Waals surface area contributed by atoms with Crippen molar-refractivity contribution in [1.82, 2.24) is 0 Å². The molecule has 92 valence electrons. The second kappa shape index (κ2) is 8.58. The molecule has 2 N–H and O–H groups in total. The molecule has 1 atom stereocenters. The Hall–Kier alpha value is -0.560. The van der Waals surface area contributed by atoms with Crippen molar-refractivity contribution in [1.29, 1.82) is 0 Å². The maximum Gasteiger partial charge on any atom is 0.00760 e. The van der Waals surface area contributed by atoms with Gasteiger partial charge in [-0.25, -0.2) is 0 Å². The highest BCUT2D eigenvalue weighted by molar-refractivity contribution is 5.06. The molecule has 16 heavy (non-hydrogen) atoms. The van der Waals surface area contributed by atoms with E-state index in [1.54, 1.807) is 5.57 Å². The Bertz CT molecular complexity index is 217. The summed E-state index contributed by atoms with van der Waals surface area (Å²) in [5, 5.41) is 0. The SMILES string of the molecule is C=CCCCCCC(N)CC1=CCCCC1. The van der Waals surface area contributed by atoms with E-state index in [4.69, 9.17) is 5.73 Å². The summed E-state index contributed by atoms with van der Waals surface area (Å²) < 4.78 is 0. The molecule has 0 aliphatic heterocycles. The van der Waals surface area contributed by atoms with Crippen LogP contribution in [0, 0.1) is 0 Å². The van der Waals surface area contributed by atoms with Crippen LogP contribution < -0.4 is 5.73 Å². The largest absolute Gasteiger partial charge is 0.327 e. The standard InChI is InChI=1S/C15H27N/c1-2-3-4-5-9-12-15(16)13-14-10-7-6-8-11-14/h2,10,15H,1,3-9,11-13,16H2. The minimum absolute atomic E-state index is 0.396. The Kier molecular flexibility index (Phi) is 7.24. The summed E-state index contributed by atoms with van der Waals surface area (Å²) in [6, 6.07) is 0.396. The van der Waals surface area contributed by atoms with E-state index < -0.39 is 0 Å². The third-order valence-electron chi connectivity index (χ3n) is 3.39. The van der Waals surface area contributed by atoms with Crippen molar-refractivity contribution >= 4 is 0 Å². The van der Waals surface area contributed by atoms with Crippen LogP contribution in [-0.4, -0.2) is 6.04 Å². The van der Waals surface area contributed by atoms with Crippen molar-refractivity contribution in [2.45, 2.75) is 70.3 Å². The topological polar surface area (TPSA) is 26.0 Å².